The Hall–Kier alpha value is -1.99. The summed E-state index contributed by atoms with van der Waals surface area (Å²) in [5.74, 6) is -0.471. The molecule has 1 aromatic carbocycles. The quantitative estimate of drug-likeness (QED) is 0.694. The summed E-state index contributed by atoms with van der Waals surface area (Å²) in [6.45, 7) is 1.78. The van der Waals surface area contributed by atoms with Crippen LogP contribution in [0.2, 0.25) is 5.02 Å². The van der Waals surface area contributed by atoms with Crippen molar-refractivity contribution >= 4 is 34.5 Å². The van der Waals surface area contributed by atoms with Gasteiger partial charge in [-0.05, 0) is 13.0 Å². The van der Waals surface area contributed by atoms with Crippen LogP contribution in [0.1, 0.15) is 28.3 Å². The van der Waals surface area contributed by atoms with Crippen molar-refractivity contribution in [1.29, 1.82) is 0 Å². The SMILES string of the molecule is CC(NC(=O)c1cc([N+](=O)[O-])ccc1Cl)c1nccs1. The molecule has 1 heterocycles. The van der Waals surface area contributed by atoms with Crippen molar-refractivity contribution in [2.75, 3.05) is 0 Å². The summed E-state index contributed by atoms with van der Waals surface area (Å²) in [7, 11) is 0. The number of nitro benzene ring substituents is 1. The van der Waals surface area contributed by atoms with E-state index in [4.69, 9.17) is 11.6 Å². The summed E-state index contributed by atoms with van der Waals surface area (Å²) in [6, 6.07) is 3.45. The average Bonchev–Trinajstić information content (AvgIpc) is 2.92. The van der Waals surface area contributed by atoms with Gasteiger partial charge in [-0.2, -0.15) is 0 Å². The number of non-ortho nitro benzene ring substituents is 1. The van der Waals surface area contributed by atoms with Crippen LogP contribution in [0.15, 0.2) is 29.8 Å². The van der Waals surface area contributed by atoms with Crippen molar-refractivity contribution < 1.29 is 9.72 Å². The predicted octanol–water partition coefficient (Wildman–Crippen LogP) is 3.20. The number of thiazole rings is 1. The largest absolute Gasteiger partial charge is 0.343 e. The van der Waals surface area contributed by atoms with Gasteiger partial charge in [0.2, 0.25) is 0 Å². The molecule has 1 aromatic heterocycles. The molecule has 8 heteroatoms. The molecule has 0 bridgehead atoms. The number of halogens is 1. The molecule has 0 radical (unpaired) electrons. The molecule has 1 unspecified atom stereocenters. The highest BCUT2D eigenvalue weighted by atomic mass is 35.5. The van der Waals surface area contributed by atoms with Gasteiger partial charge < -0.3 is 5.32 Å². The number of carbonyl (C=O) groups is 1. The number of rotatable bonds is 4. The Labute approximate surface area is 123 Å². The Balaban J connectivity index is 2.20. The van der Waals surface area contributed by atoms with Gasteiger partial charge in [0.1, 0.15) is 5.01 Å². The second-order valence-corrected chi connectivity index (χ2v) is 5.32. The van der Waals surface area contributed by atoms with E-state index in [0.717, 1.165) is 11.1 Å². The minimum atomic E-state index is -0.572. The first-order chi connectivity index (χ1) is 9.49. The van der Waals surface area contributed by atoms with E-state index in [1.54, 1.807) is 18.5 Å². The van der Waals surface area contributed by atoms with Crippen molar-refractivity contribution in [2.45, 2.75) is 13.0 Å². The zero-order chi connectivity index (χ0) is 14.7. The highest BCUT2D eigenvalue weighted by molar-refractivity contribution is 7.09. The minimum absolute atomic E-state index is 0.0734. The lowest BCUT2D eigenvalue weighted by molar-refractivity contribution is -0.384. The summed E-state index contributed by atoms with van der Waals surface area (Å²) in [4.78, 5) is 26.3. The third kappa shape index (κ3) is 3.12. The molecule has 0 aliphatic rings. The van der Waals surface area contributed by atoms with Crippen LogP contribution in [0.3, 0.4) is 0 Å². The van der Waals surface area contributed by atoms with E-state index in [-0.39, 0.29) is 22.3 Å². The Morgan fingerprint density at radius 1 is 1.55 bits per heavy atom. The maximum atomic E-state index is 12.1. The van der Waals surface area contributed by atoms with Crippen LogP contribution in [0, 0.1) is 10.1 Å². The van der Waals surface area contributed by atoms with Crippen molar-refractivity contribution in [3.63, 3.8) is 0 Å². The van der Waals surface area contributed by atoms with E-state index in [1.165, 1.54) is 23.5 Å². The first-order valence-corrected chi connectivity index (χ1v) is 6.89. The van der Waals surface area contributed by atoms with Gasteiger partial charge in [0, 0.05) is 23.7 Å². The second-order valence-electron chi connectivity index (χ2n) is 3.99. The van der Waals surface area contributed by atoms with E-state index in [0.29, 0.717) is 0 Å². The number of hydrogen-bond donors (Lipinski definition) is 1. The first-order valence-electron chi connectivity index (χ1n) is 5.63. The summed E-state index contributed by atoms with van der Waals surface area (Å²) < 4.78 is 0. The number of carbonyl (C=O) groups excluding carboxylic acids is 1. The van der Waals surface area contributed by atoms with Gasteiger partial charge in [-0.25, -0.2) is 4.98 Å². The molecule has 1 N–H and O–H groups in total. The monoisotopic (exact) mass is 311 g/mol. The van der Waals surface area contributed by atoms with Gasteiger partial charge in [-0.1, -0.05) is 11.6 Å². The number of nitrogens with zero attached hydrogens (tertiary/aromatic N) is 2. The fourth-order valence-corrected chi connectivity index (χ4v) is 2.43. The van der Waals surface area contributed by atoms with Crippen LogP contribution in [0.5, 0.6) is 0 Å². The Kier molecular flexibility index (Phi) is 4.31. The molecule has 0 aliphatic carbocycles. The summed E-state index contributed by atoms with van der Waals surface area (Å²) >= 11 is 7.32. The van der Waals surface area contributed by atoms with Crippen molar-refractivity contribution in [1.82, 2.24) is 10.3 Å². The second kappa shape index (κ2) is 5.98. The lowest BCUT2D eigenvalue weighted by Gasteiger charge is -2.11. The normalized spacial score (nSPS) is 11.9. The van der Waals surface area contributed by atoms with Crippen LogP contribution in [-0.4, -0.2) is 15.8 Å². The van der Waals surface area contributed by atoms with Crippen LogP contribution in [0.25, 0.3) is 0 Å². The van der Waals surface area contributed by atoms with Gasteiger partial charge in [0.25, 0.3) is 11.6 Å². The molecule has 1 atom stereocenters. The molecule has 6 nitrogen and oxygen atoms in total. The molecule has 1 amide bonds. The molecule has 104 valence electrons. The molecule has 20 heavy (non-hydrogen) atoms. The van der Waals surface area contributed by atoms with Crippen molar-refractivity contribution in [3.05, 3.63) is 55.5 Å². The lowest BCUT2D eigenvalue weighted by atomic mass is 10.1. The highest BCUT2D eigenvalue weighted by Gasteiger charge is 2.18. The third-order valence-corrected chi connectivity index (χ3v) is 3.86. The predicted molar refractivity (Wildman–Crippen MR) is 76.1 cm³/mol. The van der Waals surface area contributed by atoms with Crippen LogP contribution >= 0.6 is 22.9 Å². The van der Waals surface area contributed by atoms with E-state index >= 15 is 0 Å². The number of nitro groups is 1. The molecule has 0 spiro atoms. The maximum Gasteiger partial charge on any atom is 0.270 e. The first kappa shape index (κ1) is 14.4. The Bertz CT molecular complexity index is 645. The smallest absolute Gasteiger partial charge is 0.270 e. The maximum absolute atomic E-state index is 12.1. The number of hydrogen-bond acceptors (Lipinski definition) is 5. The summed E-state index contributed by atoms with van der Waals surface area (Å²) in [5.41, 5.74) is -0.106. The summed E-state index contributed by atoms with van der Waals surface area (Å²) in [5, 5.41) is 16.1. The third-order valence-electron chi connectivity index (χ3n) is 2.57. The Morgan fingerprint density at radius 2 is 2.30 bits per heavy atom. The lowest BCUT2D eigenvalue weighted by Crippen LogP contribution is -2.26. The number of amides is 1. The zero-order valence-corrected chi connectivity index (χ0v) is 11.9. The van der Waals surface area contributed by atoms with E-state index in [2.05, 4.69) is 10.3 Å². The molecule has 2 rings (SSSR count). The molecule has 2 aromatic rings. The number of benzene rings is 1. The van der Waals surface area contributed by atoms with Gasteiger partial charge in [0.05, 0.1) is 21.6 Å². The number of aromatic nitrogens is 1. The van der Waals surface area contributed by atoms with Gasteiger partial charge in [-0.3, -0.25) is 14.9 Å². The number of nitrogens with one attached hydrogen (secondary N) is 1. The zero-order valence-electron chi connectivity index (χ0n) is 10.4. The highest BCUT2D eigenvalue weighted by Crippen LogP contribution is 2.23. The fourth-order valence-electron chi connectivity index (χ4n) is 1.59. The Morgan fingerprint density at radius 3 is 2.90 bits per heavy atom. The standard InChI is InChI=1S/C12H10ClN3O3S/c1-7(12-14-4-5-20-12)15-11(17)9-6-8(16(18)19)2-3-10(9)13/h2-7H,1H3,(H,15,17). The molecule has 0 saturated carbocycles. The average molecular weight is 312 g/mol. The van der Waals surface area contributed by atoms with Gasteiger partial charge in [-0.15, -0.1) is 11.3 Å². The van der Waals surface area contributed by atoms with Crippen molar-refractivity contribution in [2.24, 2.45) is 0 Å². The van der Waals surface area contributed by atoms with Gasteiger partial charge >= 0.3 is 0 Å². The van der Waals surface area contributed by atoms with E-state index < -0.39 is 10.8 Å². The molecule has 0 aliphatic heterocycles. The van der Waals surface area contributed by atoms with Crippen LogP contribution in [-0.2, 0) is 0 Å². The van der Waals surface area contributed by atoms with E-state index in [9.17, 15) is 14.9 Å². The molecular formula is C12H10ClN3O3S. The van der Waals surface area contributed by atoms with E-state index in [1.807, 2.05) is 0 Å². The summed E-state index contributed by atoms with van der Waals surface area (Å²) in [6.07, 6.45) is 1.64. The molecule has 0 fully saturated rings. The molecular weight excluding hydrogens is 302 g/mol. The van der Waals surface area contributed by atoms with Crippen LogP contribution in [0.4, 0.5) is 5.69 Å². The molecule has 0 saturated heterocycles. The fraction of sp³-hybridized carbons (Fsp3) is 0.167. The van der Waals surface area contributed by atoms with Crippen LogP contribution < -0.4 is 5.32 Å². The van der Waals surface area contributed by atoms with Crippen molar-refractivity contribution in [3.8, 4) is 0 Å². The minimum Gasteiger partial charge on any atom is -0.343 e. The van der Waals surface area contributed by atoms with Gasteiger partial charge in [0.15, 0.2) is 0 Å². The topological polar surface area (TPSA) is 85.1 Å².